The minimum Gasteiger partial charge on any atom is -0.481 e. The number of carboxylic acids is 2. The monoisotopic (exact) mass is 313 g/mol. The lowest BCUT2D eigenvalue weighted by Crippen LogP contribution is -2.20. The zero-order chi connectivity index (χ0) is 13.1. The first-order chi connectivity index (χ1) is 8.56. The summed E-state index contributed by atoms with van der Waals surface area (Å²) in [7, 11) is 0. The number of nitrogens with zero attached hydrogens (tertiary/aromatic N) is 1. The summed E-state index contributed by atoms with van der Waals surface area (Å²) in [5.41, 5.74) is 0.796. The van der Waals surface area contributed by atoms with Gasteiger partial charge in [0.15, 0.2) is 21.7 Å². The number of aromatic nitrogens is 1. The summed E-state index contributed by atoms with van der Waals surface area (Å²) in [6.45, 7) is 0. The third-order valence-corrected chi connectivity index (χ3v) is 4.47. The molecule has 100 valence electrons. The van der Waals surface area contributed by atoms with Gasteiger partial charge in [-0.05, 0) is 12.1 Å². The van der Waals surface area contributed by atoms with Gasteiger partial charge >= 0.3 is 11.9 Å². The highest BCUT2D eigenvalue weighted by Crippen LogP contribution is 2.33. The SMILES string of the molecule is O=C(O)CC(Sc1nc2ccccc2s1)C(=O)O.[AlH3]. The molecule has 0 aliphatic heterocycles. The van der Waals surface area contributed by atoms with E-state index in [0.717, 1.165) is 22.0 Å². The van der Waals surface area contributed by atoms with Crippen molar-refractivity contribution in [3.8, 4) is 0 Å². The highest BCUT2D eigenvalue weighted by Gasteiger charge is 2.23. The molecule has 0 radical (unpaired) electrons. The van der Waals surface area contributed by atoms with Gasteiger partial charge in [-0.3, -0.25) is 9.59 Å². The van der Waals surface area contributed by atoms with Crippen LogP contribution in [0.15, 0.2) is 28.6 Å². The third kappa shape index (κ3) is 4.21. The second-order valence-corrected chi connectivity index (χ2v) is 5.97. The van der Waals surface area contributed by atoms with E-state index >= 15 is 0 Å². The third-order valence-electron chi connectivity index (χ3n) is 2.15. The maximum Gasteiger partial charge on any atom is 0.317 e. The van der Waals surface area contributed by atoms with Gasteiger partial charge < -0.3 is 10.2 Å². The second kappa shape index (κ2) is 6.91. The number of para-hydroxylation sites is 1. The Morgan fingerprint density at radius 3 is 2.58 bits per heavy atom. The Morgan fingerprint density at radius 2 is 2.00 bits per heavy atom. The zero-order valence-electron chi connectivity index (χ0n) is 9.07. The maximum atomic E-state index is 10.9. The molecule has 1 atom stereocenters. The van der Waals surface area contributed by atoms with E-state index in [1.54, 1.807) is 0 Å². The summed E-state index contributed by atoms with van der Waals surface area (Å²) in [5.74, 6) is -2.27. The number of carbonyl (C=O) groups is 2. The van der Waals surface area contributed by atoms with E-state index in [0.29, 0.717) is 4.34 Å². The molecular formula is C11H12AlNO4S2. The summed E-state index contributed by atoms with van der Waals surface area (Å²) in [5, 5.41) is 16.6. The number of thiazole rings is 1. The lowest BCUT2D eigenvalue weighted by molar-refractivity contribution is -0.142. The Kier molecular flexibility index (Phi) is 5.82. The van der Waals surface area contributed by atoms with Crippen LogP contribution in [-0.2, 0) is 9.59 Å². The molecule has 2 N–H and O–H groups in total. The number of aliphatic carboxylic acids is 2. The predicted molar refractivity (Wildman–Crippen MR) is 79.1 cm³/mol. The van der Waals surface area contributed by atoms with Crippen molar-refractivity contribution in [2.75, 3.05) is 0 Å². The number of rotatable bonds is 5. The van der Waals surface area contributed by atoms with Crippen molar-refractivity contribution in [2.45, 2.75) is 16.0 Å². The van der Waals surface area contributed by atoms with E-state index in [2.05, 4.69) is 4.98 Å². The molecule has 1 aromatic heterocycles. The maximum absolute atomic E-state index is 10.9. The average Bonchev–Trinajstić information content (AvgIpc) is 2.69. The van der Waals surface area contributed by atoms with E-state index < -0.39 is 23.6 Å². The number of hydrogen-bond acceptors (Lipinski definition) is 5. The van der Waals surface area contributed by atoms with Crippen molar-refractivity contribution in [1.82, 2.24) is 4.98 Å². The van der Waals surface area contributed by atoms with Gasteiger partial charge in [0.05, 0.1) is 16.6 Å². The fraction of sp³-hybridized carbons (Fsp3) is 0.182. The summed E-state index contributed by atoms with van der Waals surface area (Å²) >= 11 is 2.34. The van der Waals surface area contributed by atoms with Crippen LogP contribution >= 0.6 is 23.1 Å². The van der Waals surface area contributed by atoms with Gasteiger partial charge in [0.1, 0.15) is 5.25 Å². The Labute approximate surface area is 127 Å². The standard InChI is InChI=1S/C11H9NO4S2.Al.3H/c13-9(14)5-8(10(15)16)18-11-12-6-3-1-2-4-7(6)17-11;;;;/h1-4,8H,5H2,(H,13,14)(H,15,16);;;;. The lowest BCUT2D eigenvalue weighted by Gasteiger charge is -2.06. The van der Waals surface area contributed by atoms with Crippen molar-refractivity contribution in [3.05, 3.63) is 24.3 Å². The average molecular weight is 313 g/mol. The van der Waals surface area contributed by atoms with Gasteiger partial charge in [-0.15, -0.1) is 11.3 Å². The molecule has 0 aliphatic rings. The molecule has 0 saturated carbocycles. The summed E-state index contributed by atoms with van der Waals surface area (Å²) < 4.78 is 1.53. The molecule has 2 rings (SSSR count). The highest BCUT2D eigenvalue weighted by molar-refractivity contribution is 8.02. The first kappa shape index (κ1) is 16.0. The molecule has 0 spiro atoms. The molecule has 5 nitrogen and oxygen atoms in total. The zero-order valence-corrected chi connectivity index (χ0v) is 10.7. The lowest BCUT2D eigenvalue weighted by atomic mass is 10.3. The molecule has 19 heavy (non-hydrogen) atoms. The molecule has 0 fully saturated rings. The van der Waals surface area contributed by atoms with Crippen LogP contribution in [0.5, 0.6) is 0 Å². The van der Waals surface area contributed by atoms with Gasteiger partial charge in [-0.25, -0.2) is 4.98 Å². The number of benzene rings is 1. The molecule has 1 unspecified atom stereocenters. The van der Waals surface area contributed by atoms with E-state index in [1.165, 1.54) is 11.3 Å². The van der Waals surface area contributed by atoms with E-state index in [1.807, 2.05) is 24.3 Å². The van der Waals surface area contributed by atoms with E-state index in [-0.39, 0.29) is 17.4 Å². The van der Waals surface area contributed by atoms with Crippen molar-refractivity contribution >= 4 is 62.6 Å². The summed E-state index contributed by atoms with van der Waals surface area (Å²) in [4.78, 5) is 25.8. The normalized spacial score (nSPS) is 11.8. The van der Waals surface area contributed by atoms with Crippen molar-refractivity contribution < 1.29 is 19.8 Å². The van der Waals surface area contributed by atoms with Crippen LogP contribution in [0.25, 0.3) is 10.2 Å². The van der Waals surface area contributed by atoms with Crippen LogP contribution in [0, 0.1) is 0 Å². The van der Waals surface area contributed by atoms with Crippen molar-refractivity contribution in [2.24, 2.45) is 0 Å². The Balaban J connectivity index is 0.00000180. The molecule has 0 bridgehead atoms. The highest BCUT2D eigenvalue weighted by atomic mass is 32.2. The van der Waals surface area contributed by atoms with Crippen molar-refractivity contribution in [1.29, 1.82) is 0 Å². The largest absolute Gasteiger partial charge is 0.481 e. The van der Waals surface area contributed by atoms with Gasteiger partial charge in [-0.2, -0.15) is 0 Å². The van der Waals surface area contributed by atoms with Crippen LogP contribution in [0.2, 0.25) is 0 Å². The first-order valence-electron chi connectivity index (χ1n) is 5.03. The van der Waals surface area contributed by atoms with Gasteiger partial charge in [0, 0.05) is 0 Å². The Morgan fingerprint density at radius 1 is 1.32 bits per heavy atom. The van der Waals surface area contributed by atoms with Gasteiger partial charge in [0.2, 0.25) is 0 Å². The first-order valence-corrected chi connectivity index (χ1v) is 6.72. The number of hydrogen-bond donors (Lipinski definition) is 2. The van der Waals surface area contributed by atoms with E-state index in [9.17, 15) is 9.59 Å². The molecule has 0 saturated heterocycles. The molecule has 2 aromatic rings. The molecule has 1 heterocycles. The molecule has 0 aliphatic carbocycles. The topological polar surface area (TPSA) is 87.5 Å². The Bertz CT molecular complexity index is 568. The summed E-state index contributed by atoms with van der Waals surface area (Å²) in [6.07, 6.45) is -0.421. The quantitative estimate of drug-likeness (QED) is 0.635. The smallest absolute Gasteiger partial charge is 0.317 e. The number of carboxylic acid groups (broad SMARTS) is 2. The van der Waals surface area contributed by atoms with Gasteiger partial charge in [-0.1, -0.05) is 23.9 Å². The second-order valence-electron chi connectivity index (χ2n) is 3.49. The van der Waals surface area contributed by atoms with Crippen LogP contribution in [-0.4, -0.2) is 49.7 Å². The van der Waals surface area contributed by atoms with Crippen LogP contribution in [0.3, 0.4) is 0 Å². The fourth-order valence-electron chi connectivity index (χ4n) is 1.36. The van der Waals surface area contributed by atoms with Crippen molar-refractivity contribution in [3.63, 3.8) is 0 Å². The molecule has 0 amide bonds. The molecular weight excluding hydrogens is 301 g/mol. The molecule has 1 aromatic carbocycles. The number of fused-ring (bicyclic) bond motifs is 1. The minimum absolute atomic E-state index is 0. The minimum atomic E-state index is -1.14. The fourth-order valence-corrected chi connectivity index (χ4v) is 3.59. The van der Waals surface area contributed by atoms with Crippen LogP contribution in [0.1, 0.15) is 6.42 Å². The molecule has 8 heteroatoms. The number of thioether (sulfide) groups is 1. The summed E-state index contributed by atoms with van der Waals surface area (Å²) in [6, 6.07) is 7.45. The van der Waals surface area contributed by atoms with Crippen LogP contribution in [0.4, 0.5) is 0 Å². The van der Waals surface area contributed by atoms with Gasteiger partial charge in [0.25, 0.3) is 0 Å². The predicted octanol–water partition coefficient (Wildman–Crippen LogP) is 1.13. The van der Waals surface area contributed by atoms with Crippen LogP contribution < -0.4 is 0 Å². The van der Waals surface area contributed by atoms with E-state index in [4.69, 9.17) is 10.2 Å². The Hall–Kier alpha value is -1.07.